The lowest BCUT2D eigenvalue weighted by molar-refractivity contribution is -0.121. The number of piperidine rings is 1. The molecule has 20 heavy (non-hydrogen) atoms. The molecule has 3 N–H and O–H groups in total. The van der Waals surface area contributed by atoms with Crippen molar-refractivity contribution in [3.05, 3.63) is 35.9 Å². The van der Waals surface area contributed by atoms with Gasteiger partial charge >= 0.3 is 0 Å². The van der Waals surface area contributed by atoms with Gasteiger partial charge in [-0.25, -0.2) is 5.84 Å². The summed E-state index contributed by atoms with van der Waals surface area (Å²) in [7, 11) is 0. The Morgan fingerprint density at radius 2 is 1.95 bits per heavy atom. The number of amides is 1. The second kappa shape index (κ2) is 8.02. The molecule has 1 aromatic carbocycles. The molecule has 0 bridgehead atoms. The first-order valence-corrected chi connectivity index (χ1v) is 7.53. The van der Waals surface area contributed by atoms with Crippen LogP contribution >= 0.6 is 0 Å². The molecule has 1 aliphatic heterocycles. The number of nitrogens with one attached hydrogen (secondary N) is 1. The van der Waals surface area contributed by atoms with Crippen LogP contribution in [0.5, 0.6) is 0 Å². The SMILES string of the molecule is NNC(=O)CCCN1CCC(Cc2ccccc2)CC1. The standard InChI is InChI=1S/C16H25N3O/c17-18-16(20)7-4-10-19-11-8-15(9-12-19)13-14-5-2-1-3-6-14/h1-3,5-6,15H,4,7-13,17H2,(H,18,20). The van der Waals surface area contributed by atoms with Crippen LogP contribution in [0, 0.1) is 5.92 Å². The summed E-state index contributed by atoms with van der Waals surface area (Å²) in [5, 5.41) is 0. The Morgan fingerprint density at radius 1 is 1.25 bits per heavy atom. The molecule has 1 aliphatic rings. The third kappa shape index (κ3) is 4.94. The summed E-state index contributed by atoms with van der Waals surface area (Å²) in [6.45, 7) is 3.31. The highest BCUT2D eigenvalue weighted by Crippen LogP contribution is 2.21. The van der Waals surface area contributed by atoms with Crippen molar-refractivity contribution in [3.63, 3.8) is 0 Å². The molecule has 0 spiro atoms. The topological polar surface area (TPSA) is 58.4 Å². The summed E-state index contributed by atoms with van der Waals surface area (Å²) in [4.78, 5) is 13.5. The van der Waals surface area contributed by atoms with Gasteiger partial charge in [0.25, 0.3) is 0 Å². The zero-order valence-corrected chi connectivity index (χ0v) is 12.1. The van der Waals surface area contributed by atoms with Gasteiger partial charge in [0.2, 0.25) is 5.91 Å². The van der Waals surface area contributed by atoms with Crippen molar-refractivity contribution in [3.8, 4) is 0 Å². The maximum Gasteiger partial charge on any atom is 0.233 e. The monoisotopic (exact) mass is 275 g/mol. The average Bonchev–Trinajstić information content (AvgIpc) is 2.50. The average molecular weight is 275 g/mol. The molecule has 0 unspecified atom stereocenters. The number of benzene rings is 1. The summed E-state index contributed by atoms with van der Waals surface area (Å²) in [6, 6.07) is 10.7. The highest BCUT2D eigenvalue weighted by Gasteiger charge is 2.19. The van der Waals surface area contributed by atoms with Crippen LogP contribution in [0.3, 0.4) is 0 Å². The van der Waals surface area contributed by atoms with Crippen LogP contribution in [0.15, 0.2) is 30.3 Å². The van der Waals surface area contributed by atoms with E-state index in [1.54, 1.807) is 0 Å². The van der Waals surface area contributed by atoms with Crippen molar-refractivity contribution >= 4 is 5.91 Å². The molecule has 1 fully saturated rings. The van der Waals surface area contributed by atoms with E-state index < -0.39 is 0 Å². The molecule has 1 aromatic rings. The van der Waals surface area contributed by atoms with Crippen LogP contribution in [-0.4, -0.2) is 30.4 Å². The molecule has 1 amide bonds. The highest BCUT2D eigenvalue weighted by atomic mass is 16.2. The highest BCUT2D eigenvalue weighted by molar-refractivity contribution is 5.75. The maximum atomic E-state index is 11.1. The van der Waals surface area contributed by atoms with Crippen molar-refractivity contribution in [1.82, 2.24) is 10.3 Å². The number of carbonyl (C=O) groups is 1. The third-order valence-electron chi connectivity index (χ3n) is 4.11. The van der Waals surface area contributed by atoms with Crippen LogP contribution in [0.4, 0.5) is 0 Å². The molecule has 0 saturated carbocycles. The summed E-state index contributed by atoms with van der Waals surface area (Å²) in [6.07, 6.45) is 5.15. The number of rotatable bonds is 6. The van der Waals surface area contributed by atoms with Crippen LogP contribution in [-0.2, 0) is 11.2 Å². The van der Waals surface area contributed by atoms with Crippen LogP contribution < -0.4 is 11.3 Å². The van der Waals surface area contributed by atoms with Gasteiger partial charge in [-0.2, -0.15) is 0 Å². The predicted molar refractivity (Wildman–Crippen MR) is 80.9 cm³/mol. The minimum absolute atomic E-state index is 0.0658. The van der Waals surface area contributed by atoms with Crippen LogP contribution in [0.2, 0.25) is 0 Å². The predicted octanol–water partition coefficient (Wildman–Crippen LogP) is 1.71. The smallest absolute Gasteiger partial charge is 0.233 e. The van der Waals surface area contributed by atoms with E-state index in [1.165, 1.54) is 24.8 Å². The second-order valence-corrected chi connectivity index (χ2v) is 5.65. The molecular formula is C16H25N3O. The largest absolute Gasteiger partial charge is 0.303 e. The van der Waals surface area contributed by atoms with Crippen molar-refractivity contribution in [1.29, 1.82) is 0 Å². The second-order valence-electron chi connectivity index (χ2n) is 5.65. The van der Waals surface area contributed by atoms with E-state index in [0.29, 0.717) is 6.42 Å². The molecular weight excluding hydrogens is 250 g/mol. The van der Waals surface area contributed by atoms with E-state index in [4.69, 9.17) is 5.84 Å². The van der Waals surface area contributed by atoms with Crippen LogP contribution in [0.25, 0.3) is 0 Å². The van der Waals surface area contributed by atoms with Gasteiger partial charge in [-0.15, -0.1) is 0 Å². The van der Waals surface area contributed by atoms with Crippen molar-refractivity contribution < 1.29 is 4.79 Å². The molecule has 1 saturated heterocycles. The fourth-order valence-corrected chi connectivity index (χ4v) is 2.90. The summed E-state index contributed by atoms with van der Waals surface area (Å²) < 4.78 is 0. The number of hydrogen-bond donors (Lipinski definition) is 2. The number of hydrogen-bond acceptors (Lipinski definition) is 3. The van der Waals surface area contributed by atoms with Gasteiger partial charge in [-0.05, 0) is 56.8 Å². The quantitative estimate of drug-likeness (QED) is 0.472. The minimum Gasteiger partial charge on any atom is -0.303 e. The molecule has 4 nitrogen and oxygen atoms in total. The summed E-state index contributed by atoms with van der Waals surface area (Å²) >= 11 is 0. The number of carbonyl (C=O) groups excluding carboxylic acids is 1. The Labute approximate surface area is 121 Å². The van der Waals surface area contributed by atoms with Crippen molar-refractivity contribution in [2.24, 2.45) is 11.8 Å². The first-order chi connectivity index (χ1) is 9.78. The lowest BCUT2D eigenvalue weighted by Gasteiger charge is -2.32. The third-order valence-corrected chi connectivity index (χ3v) is 4.11. The molecule has 110 valence electrons. The van der Waals surface area contributed by atoms with Gasteiger partial charge in [0.15, 0.2) is 0 Å². The van der Waals surface area contributed by atoms with Gasteiger partial charge in [-0.1, -0.05) is 30.3 Å². The van der Waals surface area contributed by atoms with Crippen molar-refractivity contribution in [2.75, 3.05) is 19.6 Å². The van der Waals surface area contributed by atoms with Gasteiger partial charge in [-0.3, -0.25) is 10.2 Å². The maximum absolute atomic E-state index is 11.1. The molecule has 4 heteroatoms. The normalized spacial score (nSPS) is 17.1. The Balaban J connectivity index is 1.64. The molecule has 2 rings (SSSR count). The van der Waals surface area contributed by atoms with Crippen LogP contribution in [0.1, 0.15) is 31.2 Å². The lowest BCUT2D eigenvalue weighted by atomic mass is 9.90. The molecule has 0 radical (unpaired) electrons. The molecule has 0 aromatic heterocycles. The molecule has 0 aliphatic carbocycles. The Kier molecular flexibility index (Phi) is 6.02. The van der Waals surface area contributed by atoms with Crippen molar-refractivity contribution in [2.45, 2.75) is 32.1 Å². The Morgan fingerprint density at radius 3 is 2.60 bits per heavy atom. The molecule has 0 atom stereocenters. The number of nitrogens with two attached hydrogens (primary N) is 1. The van der Waals surface area contributed by atoms with E-state index in [2.05, 4.69) is 40.7 Å². The van der Waals surface area contributed by atoms with E-state index in [1.807, 2.05) is 0 Å². The van der Waals surface area contributed by atoms with Gasteiger partial charge in [0.1, 0.15) is 0 Å². The van der Waals surface area contributed by atoms with Gasteiger partial charge < -0.3 is 4.90 Å². The fraction of sp³-hybridized carbons (Fsp3) is 0.562. The zero-order valence-electron chi connectivity index (χ0n) is 12.1. The van der Waals surface area contributed by atoms with E-state index in [-0.39, 0.29) is 5.91 Å². The first kappa shape index (κ1) is 15.0. The Bertz CT molecular complexity index is 399. The fourth-order valence-electron chi connectivity index (χ4n) is 2.90. The van der Waals surface area contributed by atoms with E-state index >= 15 is 0 Å². The number of nitrogens with zero attached hydrogens (tertiary/aromatic N) is 1. The van der Waals surface area contributed by atoms with E-state index in [9.17, 15) is 4.79 Å². The first-order valence-electron chi connectivity index (χ1n) is 7.53. The van der Waals surface area contributed by atoms with Gasteiger partial charge in [0.05, 0.1) is 0 Å². The van der Waals surface area contributed by atoms with Gasteiger partial charge in [0, 0.05) is 6.42 Å². The Hall–Kier alpha value is -1.39. The zero-order chi connectivity index (χ0) is 14.2. The number of hydrazine groups is 1. The minimum atomic E-state index is -0.0658. The summed E-state index contributed by atoms with van der Waals surface area (Å²) in [5.74, 6) is 5.81. The number of likely N-dealkylation sites (tertiary alicyclic amines) is 1. The van der Waals surface area contributed by atoms with E-state index in [0.717, 1.165) is 32.0 Å². The lowest BCUT2D eigenvalue weighted by Crippen LogP contribution is -2.36. The molecule has 1 heterocycles. The summed E-state index contributed by atoms with van der Waals surface area (Å²) in [5.41, 5.74) is 3.63.